The van der Waals surface area contributed by atoms with Crippen molar-refractivity contribution >= 4 is 40.8 Å². The van der Waals surface area contributed by atoms with Crippen molar-refractivity contribution in [3.8, 4) is 5.75 Å². The number of rotatable bonds is 4. The van der Waals surface area contributed by atoms with Gasteiger partial charge in [-0.2, -0.15) is 0 Å². The van der Waals surface area contributed by atoms with Gasteiger partial charge < -0.3 is 5.11 Å². The summed E-state index contributed by atoms with van der Waals surface area (Å²) in [5, 5.41) is 11.1. The highest BCUT2D eigenvalue weighted by molar-refractivity contribution is 6.25. The molecule has 1 saturated carbocycles. The second-order valence-corrected chi connectivity index (χ2v) is 12.2. The second-order valence-electron chi connectivity index (χ2n) is 12.2. The predicted molar refractivity (Wildman–Crippen MR) is 158 cm³/mol. The summed E-state index contributed by atoms with van der Waals surface area (Å²) in [6, 6.07) is 22.1. The van der Waals surface area contributed by atoms with E-state index in [1.165, 1.54) is 16.7 Å². The minimum atomic E-state index is -1.21. The number of carbonyl (C=O) groups excluding carboxylic acids is 5. The number of phenolic OH excluding ortho intramolecular Hbond substituents is 1. The number of hydrogen-bond acceptors (Lipinski definition) is 6. The highest BCUT2D eigenvalue weighted by Crippen LogP contribution is 2.64. The molecule has 43 heavy (non-hydrogen) atoms. The first-order chi connectivity index (χ1) is 20.6. The zero-order chi connectivity index (χ0) is 30.2. The van der Waals surface area contributed by atoms with Crippen molar-refractivity contribution in [2.24, 2.45) is 29.1 Å². The lowest BCUT2D eigenvalue weighted by Crippen LogP contribution is -2.48. The van der Waals surface area contributed by atoms with E-state index in [0.717, 1.165) is 5.57 Å². The van der Waals surface area contributed by atoms with E-state index in [1.807, 2.05) is 12.1 Å². The molecule has 8 nitrogen and oxygen atoms in total. The molecule has 3 aromatic carbocycles. The highest BCUT2D eigenvalue weighted by atomic mass is 16.3. The molecule has 8 heteroatoms. The molecule has 1 N–H and O–H groups in total. The SMILES string of the molecule is CC(=O)c1ccc(N2C(=O)[C@H]3[C@H](CC=C4[C@H]3C[C@H]3C(=O)N(c5ccccc5)C(=O)[C@@]3(C)[C@H]4c3ccccc3O)C2=O)cc1. The van der Waals surface area contributed by atoms with Gasteiger partial charge in [-0.25, -0.2) is 4.90 Å². The average molecular weight is 575 g/mol. The van der Waals surface area contributed by atoms with Gasteiger partial charge in [0.1, 0.15) is 5.75 Å². The van der Waals surface area contributed by atoms with Gasteiger partial charge in [0.15, 0.2) is 5.78 Å². The van der Waals surface area contributed by atoms with E-state index in [2.05, 4.69) is 0 Å². The van der Waals surface area contributed by atoms with Crippen LogP contribution in [0.5, 0.6) is 5.75 Å². The standard InChI is InChI=1S/C35H30N2O6/c1-19(38)20-12-14-22(15-13-20)36-31(40)25-17-16-23-26(29(25)33(36)42)18-27-32(41)37(21-8-4-3-5-9-21)34(43)35(27,2)30(23)24-10-6-7-11-28(24)39/h3-16,25-27,29-30,39H,17-18H2,1-2H3/t25-,26+,27-,29-,30+,35+/m0/s1. The van der Waals surface area contributed by atoms with Crippen LogP contribution in [0, 0.1) is 29.1 Å². The normalized spacial score (nSPS) is 29.7. The summed E-state index contributed by atoms with van der Waals surface area (Å²) in [7, 11) is 0. The molecule has 3 aromatic rings. The number of hydrogen-bond donors (Lipinski definition) is 1. The van der Waals surface area contributed by atoms with Crippen LogP contribution in [0.25, 0.3) is 0 Å². The summed E-state index contributed by atoms with van der Waals surface area (Å²) in [4.78, 5) is 70.6. The molecule has 2 aliphatic heterocycles. The number of benzene rings is 3. The summed E-state index contributed by atoms with van der Waals surface area (Å²) in [6.07, 6.45) is 2.50. The number of amides is 4. The van der Waals surface area contributed by atoms with Crippen LogP contribution in [0.4, 0.5) is 11.4 Å². The van der Waals surface area contributed by atoms with Crippen molar-refractivity contribution in [3.05, 3.63) is 102 Å². The summed E-state index contributed by atoms with van der Waals surface area (Å²) < 4.78 is 0. The lowest BCUT2D eigenvalue weighted by atomic mass is 9.51. The second kappa shape index (κ2) is 9.59. The van der Waals surface area contributed by atoms with Gasteiger partial charge >= 0.3 is 0 Å². The van der Waals surface area contributed by atoms with Crippen LogP contribution >= 0.6 is 0 Å². The van der Waals surface area contributed by atoms with Crippen molar-refractivity contribution in [1.82, 2.24) is 0 Å². The fourth-order valence-electron chi connectivity index (χ4n) is 8.01. The Hall–Kier alpha value is -4.85. The number of fused-ring (bicyclic) bond motifs is 4. The molecule has 0 bridgehead atoms. The highest BCUT2D eigenvalue weighted by Gasteiger charge is 2.67. The van der Waals surface area contributed by atoms with Crippen molar-refractivity contribution < 1.29 is 29.1 Å². The van der Waals surface area contributed by atoms with Crippen LogP contribution in [0.15, 0.2) is 90.5 Å². The van der Waals surface area contributed by atoms with E-state index in [1.54, 1.807) is 79.7 Å². The summed E-state index contributed by atoms with van der Waals surface area (Å²) in [5.41, 5.74) is 1.48. The predicted octanol–water partition coefficient (Wildman–Crippen LogP) is 5.03. The Labute approximate surface area is 248 Å². The van der Waals surface area contributed by atoms with E-state index in [-0.39, 0.29) is 41.6 Å². The van der Waals surface area contributed by atoms with Crippen LogP contribution in [0.3, 0.4) is 0 Å². The Morgan fingerprint density at radius 3 is 2.12 bits per heavy atom. The zero-order valence-electron chi connectivity index (χ0n) is 23.8. The Balaban J connectivity index is 1.34. The first-order valence-electron chi connectivity index (χ1n) is 14.5. The minimum absolute atomic E-state index is 0.00979. The van der Waals surface area contributed by atoms with Gasteiger partial charge in [0.05, 0.1) is 34.5 Å². The molecule has 4 aliphatic rings. The number of aromatic hydroxyl groups is 1. The smallest absolute Gasteiger partial charge is 0.241 e. The topological polar surface area (TPSA) is 112 Å². The number of imide groups is 2. The molecule has 0 radical (unpaired) electrons. The molecule has 2 saturated heterocycles. The maximum atomic E-state index is 14.3. The third kappa shape index (κ3) is 3.72. The molecule has 0 aromatic heterocycles. The Kier molecular flexibility index (Phi) is 6.02. The number of ketones is 1. The number of Topliss-reactive ketones (excluding diaryl/α,β-unsaturated/α-hetero) is 1. The molecule has 7 rings (SSSR count). The summed E-state index contributed by atoms with van der Waals surface area (Å²) in [6.45, 7) is 3.25. The number of phenols is 1. The van der Waals surface area contributed by atoms with Gasteiger partial charge in [0.2, 0.25) is 23.6 Å². The van der Waals surface area contributed by atoms with Gasteiger partial charge in [0, 0.05) is 17.0 Å². The Morgan fingerprint density at radius 2 is 1.44 bits per heavy atom. The molecule has 2 aliphatic carbocycles. The largest absolute Gasteiger partial charge is 0.508 e. The van der Waals surface area contributed by atoms with Crippen LogP contribution in [0.1, 0.15) is 48.5 Å². The fourth-order valence-corrected chi connectivity index (χ4v) is 8.01. The number of anilines is 2. The van der Waals surface area contributed by atoms with E-state index < -0.39 is 35.0 Å². The molecular formula is C35H30N2O6. The first-order valence-corrected chi connectivity index (χ1v) is 14.5. The van der Waals surface area contributed by atoms with Gasteiger partial charge in [0.25, 0.3) is 0 Å². The van der Waals surface area contributed by atoms with Gasteiger partial charge in [-0.05, 0) is 75.1 Å². The maximum Gasteiger partial charge on any atom is 0.241 e. The number of para-hydroxylation sites is 2. The van der Waals surface area contributed by atoms with E-state index in [9.17, 15) is 29.1 Å². The van der Waals surface area contributed by atoms with Crippen molar-refractivity contribution in [1.29, 1.82) is 0 Å². The molecule has 0 spiro atoms. The number of allylic oxidation sites excluding steroid dienone is 2. The number of carbonyl (C=O) groups is 5. The molecule has 216 valence electrons. The van der Waals surface area contributed by atoms with E-state index in [0.29, 0.717) is 28.9 Å². The van der Waals surface area contributed by atoms with Crippen LogP contribution < -0.4 is 9.80 Å². The van der Waals surface area contributed by atoms with Crippen LogP contribution in [-0.4, -0.2) is 34.5 Å². The molecular weight excluding hydrogens is 544 g/mol. The molecule has 6 atom stereocenters. The lowest BCUT2D eigenvalue weighted by molar-refractivity contribution is -0.131. The Morgan fingerprint density at radius 1 is 0.791 bits per heavy atom. The van der Waals surface area contributed by atoms with Gasteiger partial charge in [-0.15, -0.1) is 0 Å². The minimum Gasteiger partial charge on any atom is -0.508 e. The quantitative estimate of drug-likeness (QED) is 0.266. The Bertz CT molecular complexity index is 1750. The maximum absolute atomic E-state index is 14.3. The lowest BCUT2D eigenvalue weighted by Gasteiger charge is -2.49. The molecule has 2 heterocycles. The fraction of sp³-hybridized carbons (Fsp3) is 0.286. The monoisotopic (exact) mass is 574 g/mol. The van der Waals surface area contributed by atoms with Crippen molar-refractivity contribution in [3.63, 3.8) is 0 Å². The third-order valence-electron chi connectivity index (χ3n) is 10.1. The third-order valence-corrected chi connectivity index (χ3v) is 10.1. The molecule has 0 unspecified atom stereocenters. The summed E-state index contributed by atoms with van der Waals surface area (Å²) in [5.74, 6) is -4.69. The van der Waals surface area contributed by atoms with E-state index >= 15 is 0 Å². The zero-order valence-corrected chi connectivity index (χ0v) is 23.8. The molecule has 4 amide bonds. The van der Waals surface area contributed by atoms with Crippen LogP contribution in [0.2, 0.25) is 0 Å². The summed E-state index contributed by atoms with van der Waals surface area (Å²) >= 11 is 0. The van der Waals surface area contributed by atoms with Gasteiger partial charge in [-0.1, -0.05) is 48.0 Å². The van der Waals surface area contributed by atoms with Crippen LogP contribution in [-0.2, 0) is 19.2 Å². The first kappa shape index (κ1) is 27.0. The van der Waals surface area contributed by atoms with Gasteiger partial charge in [-0.3, -0.25) is 28.9 Å². The van der Waals surface area contributed by atoms with E-state index in [4.69, 9.17) is 0 Å². The molecule has 3 fully saturated rings. The van der Waals surface area contributed by atoms with Crippen molar-refractivity contribution in [2.75, 3.05) is 9.80 Å². The van der Waals surface area contributed by atoms with Crippen molar-refractivity contribution in [2.45, 2.75) is 32.6 Å². The average Bonchev–Trinajstić information content (AvgIpc) is 3.37. The number of nitrogens with zero attached hydrogens (tertiary/aromatic N) is 2.